The van der Waals surface area contributed by atoms with Gasteiger partial charge >= 0.3 is 5.97 Å². The van der Waals surface area contributed by atoms with Crippen molar-refractivity contribution in [2.24, 2.45) is 0 Å². The van der Waals surface area contributed by atoms with Crippen LogP contribution >= 0.6 is 0 Å². The summed E-state index contributed by atoms with van der Waals surface area (Å²) in [7, 11) is 0. The van der Waals surface area contributed by atoms with Gasteiger partial charge in [0.15, 0.2) is 0 Å². The monoisotopic (exact) mass is 984 g/mol. The second-order valence-corrected chi connectivity index (χ2v) is 21.4. The zero-order chi connectivity index (χ0) is 50.7. The maximum atomic E-state index is 12.5. The van der Waals surface area contributed by atoms with Gasteiger partial charge < -0.3 is 20.3 Å². The molecule has 0 fully saturated rings. The predicted octanol–water partition coefficient (Wildman–Crippen LogP) is 19.6. The molecule has 412 valence electrons. The summed E-state index contributed by atoms with van der Waals surface area (Å²) in [5.41, 5.74) is 0. The molecule has 0 aromatic heterocycles. The average Bonchev–Trinajstić information content (AvgIpc) is 3.36. The third kappa shape index (κ3) is 55.4. The minimum Gasteiger partial charge on any atom is -0.466 e. The highest BCUT2D eigenvalue weighted by atomic mass is 16.5. The number of carbonyl (C=O) groups is 2. The van der Waals surface area contributed by atoms with Crippen molar-refractivity contribution in [3.63, 3.8) is 0 Å². The lowest BCUT2D eigenvalue weighted by molar-refractivity contribution is -0.143. The zero-order valence-corrected chi connectivity index (χ0v) is 47.0. The van der Waals surface area contributed by atoms with Crippen LogP contribution in [0.4, 0.5) is 0 Å². The molecule has 0 aromatic carbocycles. The minimum absolute atomic E-state index is 0.00379. The Morgan fingerprint density at radius 1 is 0.400 bits per heavy atom. The molecule has 0 saturated carbocycles. The van der Waals surface area contributed by atoms with Crippen molar-refractivity contribution in [3.05, 3.63) is 36.5 Å². The third-order valence-corrected chi connectivity index (χ3v) is 14.4. The van der Waals surface area contributed by atoms with E-state index in [0.717, 1.165) is 51.4 Å². The van der Waals surface area contributed by atoms with E-state index in [4.69, 9.17) is 4.74 Å². The van der Waals surface area contributed by atoms with Crippen molar-refractivity contribution < 1.29 is 24.5 Å². The number of carbonyl (C=O) groups excluding carboxylic acids is 2. The molecule has 6 nitrogen and oxygen atoms in total. The van der Waals surface area contributed by atoms with Gasteiger partial charge in [-0.2, -0.15) is 0 Å². The van der Waals surface area contributed by atoms with Gasteiger partial charge in [-0.25, -0.2) is 0 Å². The first-order chi connectivity index (χ1) is 34.5. The Balaban J connectivity index is 3.40. The lowest BCUT2D eigenvalue weighted by atomic mass is 10.0. The van der Waals surface area contributed by atoms with Crippen molar-refractivity contribution in [1.82, 2.24) is 5.32 Å². The number of ether oxygens (including phenoxy) is 1. The molecule has 0 aliphatic carbocycles. The van der Waals surface area contributed by atoms with E-state index >= 15 is 0 Å². The fraction of sp³-hybridized carbons (Fsp3) is 0.875. The lowest BCUT2D eigenvalue weighted by Gasteiger charge is -2.22. The Kier molecular flexibility index (Phi) is 58.0. The first-order valence-electron chi connectivity index (χ1n) is 31.2. The summed E-state index contributed by atoms with van der Waals surface area (Å²) in [5.74, 6) is -0.0370. The smallest absolute Gasteiger partial charge is 0.305 e. The maximum absolute atomic E-state index is 12.5. The van der Waals surface area contributed by atoms with Gasteiger partial charge in [0.1, 0.15) is 0 Å². The Morgan fingerprint density at radius 3 is 1.13 bits per heavy atom. The van der Waals surface area contributed by atoms with Gasteiger partial charge in [0.05, 0.1) is 25.4 Å². The number of aliphatic hydroxyl groups is 2. The largest absolute Gasteiger partial charge is 0.466 e. The van der Waals surface area contributed by atoms with Crippen molar-refractivity contribution >= 4 is 11.9 Å². The molecule has 2 unspecified atom stereocenters. The summed E-state index contributed by atoms with van der Waals surface area (Å²) in [6, 6.07) is -0.546. The second kappa shape index (κ2) is 59.6. The molecule has 0 aromatic rings. The molecule has 0 bridgehead atoms. The molecule has 3 N–H and O–H groups in total. The van der Waals surface area contributed by atoms with E-state index in [1.165, 1.54) is 250 Å². The van der Waals surface area contributed by atoms with Crippen molar-refractivity contribution in [3.8, 4) is 0 Å². The molecular formula is C64H121NO5. The molecule has 0 radical (unpaired) electrons. The number of unbranched alkanes of at least 4 members (excludes halogenated alkanes) is 41. The van der Waals surface area contributed by atoms with Crippen LogP contribution in [-0.4, -0.2) is 47.4 Å². The van der Waals surface area contributed by atoms with Crippen LogP contribution in [0.15, 0.2) is 36.5 Å². The Hall–Kier alpha value is -1.92. The Labute approximate surface area is 436 Å². The number of esters is 1. The molecule has 2 atom stereocenters. The van der Waals surface area contributed by atoms with Crippen molar-refractivity contribution in [2.45, 2.75) is 347 Å². The SMILES string of the molecule is CCCCC/C=C\C/C=C\CCCCCCCCCC(=O)OCCCCCCCCCCCCCC/C=C\CCCCCCCCCC(=O)NC(CO)C(O)CCCCCCCCCCCCCCC. The number of aliphatic hydroxyl groups excluding tert-OH is 2. The van der Waals surface area contributed by atoms with Crippen LogP contribution in [0.2, 0.25) is 0 Å². The van der Waals surface area contributed by atoms with E-state index in [1.54, 1.807) is 0 Å². The molecule has 6 heteroatoms. The molecule has 0 aliphatic rings. The van der Waals surface area contributed by atoms with E-state index in [-0.39, 0.29) is 18.5 Å². The topological polar surface area (TPSA) is 95.9 Å². The van der Waals surface area contributed by atoms with Crippen LogP contribution in [-0.2, 0) is 14.3 Å². The number of allylic oxidation sites excluding steroid dienone is 6. The van der Waals surface area contributed by atoms with E-state index in [2.05, 4.69) is 55.6 Å². The number of hydrogen-bond donors (Lipinski definition) is 3. The summed E-state index contributed by atoms with van der Waals surface area (Å²) in [6.45, 7) is 4.93. The van der Waals surface area contributed by atoms with Crippen LogP contribution in [0, 0.1) is 0 Å². The van der Waals surface area contributed by atoms with E-state index in [0.29, 0.717) is 25.9 Å². The van der Waals surface area contributed by atoms with E-state index in [1.807, 2.05) is 0 Å². The molecule has 0 spiro atoms. The molecule has 0 saturated heterocycles. The van der Waals surface area contributed by atoms with Gasteiger partial charge in [-0.15, -0.1) is 0 Å². The number of hydrogen-bond acceptors (Lipinski definition) is 5. The van der Waals surface area contributed by atoms with Crippen LogP contribution in [0.25, 0.3) is 0 Å². The highest BCUT2D eigenvalue weighted by molar-refractivity contribution is 5.76. The molecule has 0 aliphatic heterocycles. The highest BCUT2D eigenvalue weighted by Gasteiger charge is 2.20. The number of rotatable bonds is 58. The zero-order valence-electron chi connectivity index (χ0n) is 47.0. The average molecular weight is 985 g/mol. The lowest BCUT2D eigenvalue weighted by Crippen LogP contribution is -2.45. The number of nitrogens with one attached hydrogen (secondary N) is 1. The molecular weight excluding hydrogens is 863 g/mol. The Bertz CT molecular complexity index is 1130. The van der Waals surface area contributed by atoms with E-state index in [9.17, 15) is 19.8 Å². The van der Waals surface area contributed by atoms with Crippen LogP contribution in [0.1, 0.15) is 335 Å². The van der Waals surface area contributed by atoms with Crippen LogP contribution in [0.5, 0.6) is 0 Å². The Morgan fingerprint density at radius 2 is 0.714 bits per heavy atom. The first-order valence-corrected chi connectivity index (χ1v) is 31.2. The van der Waals surface area contributed by atoms with Gasteiger partial charge in [0.2, 0.25) is 5.91 Å². The normalized spacial score (nSPS) is 12.8. The van der Waals surface area contributed by atoms with Gasteiger partial charge in [-0.3, -0.25) is 9.59 Å². The minimum atomic E-state index is -0.668. The predicted molar refractivity (Wildman–Crippen MR) is 306 cm³/mol. The second-order valence-electron chi connectivity index (χ2n) is 21.4. The summed E-state index contributed by atoms with van der Waals surface area (Å²) >= 11 is 0. The molecule has 1 amide bonds. The third-order valence-electron chi connectivity index (χ3n) is 14.4. The van der Waals surface area contributed by atoms with Gasteiger partial charge in [-0.1, -0.05) is 275 Å². The van der Waals surface area contributed by atoms with Crippen molar-refractivity contribution in [2.75, 3.05) is 13.2 Å². The first kappa shape index (κ1) is 68.1. The number of amides is 1. The highest BCUT2D eigenvalue weighted by Crippen LogP contribution is 2.17. The molecule has 70 heavy (non-hydrogen) atoms. The fourth-order valence-electron chi connectivity index (χ4n) is 9.61. The summed E-state index contributed by atoms with van der Waals surface area (Å²) < 4.78 is 5.49. The standard InChI is InChI=1S/C64H121NO5/c1-3-5-7-9-11-13-15-17-18-26-30-34-38-42-46-50-54-58-64(69)70-59-55-51-47-43-39-35-31-28-25-23-21-19-20-22-24-27-29-33-37-41-45-49-53-57-63(68)65-61(60-66)62(67)56-52-48-44-40-36-32-16-14-12-10-8-6-4-2/h11,13,17-18,22,24,61-62,66-67H,3-10,12,14-16,19-21,23,25-60H2,1-2H3,(H,65,68)/b13-11-,18-17-,24-22-. The molecule has 0 heterocycles. The van der Waals surface area contributed by atoms with Gasteiger partial charge in [0, 0.05) is 12.8 Å². The fourth-order valence-corrected chi connectivity index (χ4v) is 9.61. The molecule has 0 rings (SSSR count). The van der Waals surface area contributed by atoms with Crippen LogP contribution < -0.4 is 5.32 Å². The van der Waals surface area contributed by atoms with Crippen molar-refractivity contribution in [1.29, 1.82) is 0 Å². The van der Waals surface area contributed by atoms with Gasteiger partial charge in [-0.05, 0) is 83.5 Å². The van der Waals surface area contributed by atoms with Crippen LogP contribution in [0.3, 0.4) is 0 Å². The van der Waals surface area contributed by atoms with E-state index < -0.39 is 12.1 Å². The summed E-state index contributed by atoms with van der Waals surface area (Å²) in [6.07, 6.45) is 74.4. The quantitative estimate of drug-likeness (QED) is 0.0321. The maximum Gasteiger partial charge on any atom is 0.305 e. The summed E-state index contributed by atoms with van der Waals surface area (Å²) in [5, 5.41) is 23.2. The van der Waals surface area contributed by atoms with Gasteiger partial charge in [0.25, 0.3) is 0 Å². The summed E-state index contributed by atoms with van der Waals surface area (Å²) in [4.78, 5) is 24.5.